The number of Topliss-reactive ketones (excluding diaryl/α,β-unsaturated/α-hetero) is 1. The molecule has 0 amide bonds. The molecule has 0 radical (unpaired) electrons. The average Bonchev–Trinajstić information content (AvgIpc) is 2.37. The molecule has 2 heteroatoms. The molecule has 0 fully saturated rings. The van der Waals surface area contributed by atoms with Crippen LogP contribution < -0.4 is 0 Å². The highest BCUT2D eigenvalue weighted by molar-refractivity contribution is 5.95. The van der Waals surface area contributed by atoms with Crippen LogP contribution in [-0.2, 0) is 0 Å². The van der Waals surface area contributed by atoms with Gasteiger partial charge < -0.3 is 4.98 Å². The van der Waals surface area contributed by atoms with Crippen LogP contribution in [0.15, 0.2) is 18.5 Å². The van der Waals surface area contributed by atoms with Crippen LogP contribution in [0.1, 0.15) is 23.7 Å². The quantitative estimate of drug-likeness (QED) is 0.595. The minimum atomic E-state index is 0.191. The molecule has 0 aliphatic carbocycles. The molecular weight excluding hydrogens is 114 g/mol. The van der Waals surface area contributed by atoms with E-state index in [1.807, 2.05) is 6.92 Å². The molecule has 9 heavy (non-hydrogen) atoms. The minimum absolute atomic E-state index is 0.191. The van der Waals surface area contributed by atoms with Crippen molar-refractivity contribution in [3.8, 4) is 0 Å². The molecule has 0 saturated heterocycles. The van der Waals surface area contributed by atoms with Gasteiger partial charge in [0.1, 0.15) is 0 Å². The molecule has 1 aromatic rings. The van der Waals surface area contributed by atoms with E-state index in [2.05, 4.69) is 4.98 Å². The summed E-state index contributed by atoms with van der Waals surface area (Å²) < 4.78 is 0. The van der Waals surface area contributed by atoms with Crippen molar-refractivity contribution in [2.24, 2.45) is 0 Å². The Bertz CT molecular complexity index is 189. The third-order valence-electron chi connectivity index (χ3n) is 1.24. The number of hydrogen-bond donors (Lipinski definition) is 1. The Morgan fingerprint density at radius 2 is 2.56 bits per heavy atom. The zero-order chi connectivity index (χ0) is 6.69. The van der Waals surface area contributed by atoms with Crippen LogP contribution in [0.5, 0.6) is 0 Å². The molecule has 1 rings (SSSR count). The normalized spacial score (nSPS) is 9.44. The lowest BCUT2D eigenvalue weighted by atomic mass is 10.2. The van der Waals surface area contributed by atoms with Crippen molar-refractivity contribution in [2.75, 3.05) is 0 Å². The van der Waals surface area contributed by atoms with Crippen LogP contribution in [0.25, 0.3) is 0 Å². The van der Waals surface area contributed by atoms with E-state index >= 15 is 0 Å². The molecule has 0 atom stereocenters. The monoisotopic (exact) mass is 123 g/mol. The Morgan fingerprint density at radius 1 is 1.78 bits per heavy atom. The van der Waals surface area contributed by atoms with Crippen LogP contribution in [0.3, 0.4) is 0 Å². The molecule has 48 valence electrons. The lowest BCUT2D eigenvalue weighted by Gasteiger charge is -1.86. The van der Waals surface area contributed by atoms with E-state index in [9.17, 15) is 4.79 Å². The van der Waals surface area contributed by atoms with E-state index in [0.717, 1.165) is 5.56 Å². The number of carbonyl (C=O) groups excluding carboxylic acids is 1. The van der Waals surface area contributed by atoms with Crippen LogP contribution in [0.4, 0.5) is 0 Å². The van der Waals surface area contributed by atoms with E-state index in [0.29, 0.717) is 6.42 Å². The number of rotatable bonds is 2. The highest BCUT2D eigenvalue weighted by Crippen LogP contribution is 1.99. The van der Waals surface area contributed by atoms with Crippen molar-refractivity contribution in [1.29, 1.82) is 0 Å². The van der Waals surface area contributed by atoms with E-state index in [4.69, 9.17) is 0 Å². The van der Waals surface area contributed by atoms with E-state index in [-0.39, 0.29) is 5.78 Å². The summed E-state index contributed by atoms with van der Waals surface area (Å²) in [6.45, 7) is 1.86. The summed E-state index contributed by atoms with van der Waals surface area (Å²) in [5.74, 6) is 0.191. The molecule has 1 N–H and O–H groups in total. The number of ketones is 1. The van der Waals surface area contributed by atoms with Gasteiger partial charge in [0.2, 0.25) is 0 Å². The van der Waals surface area contributed by atoms with E-state index in [1.54, 1.807) is 18.5 Å². The Hall–Kier alpha value is -1.05. The highest BCUT2D eigenvalue weighted by Gasteiger charge is 1.99. The number of aromatic nitrogens is 1. The van der Waals surface area contributed by atoms with Gasteiger partial charge in [0.15, 0.2) is 5.78 Å². The van der Waals surface area contributed by atoms with E-state index in [1.165, 1.54) is 0 Å². The maximum atomic E-state index is 10.9. The van der Waals surface area contributed by atoms with Crippen molar-refractivity contribution in [3.63, 3.8) is 0 Å². The number of carbonyl (C=O) groups is 1. The first-order valence-electron chi connectivity index (χ1n) is 3.00. The summed E-state index contributed by atoms with van der Waals surface area (Å²) in [6.07, 6.45) is 4.05. The summed E-state index contributed by atoms with van der Waals surface area (Å²) in [6, 6.07) is 1.78. The van der Waals surface area contributed by atoms with Gasteiger partial charge in [-0.2, -0.15) is 0 Å². The van der Waals surface area contributed by atoms with Gasteiger partial charge in [-0.1, -0.05) is 6.92 Å². The molecule has 0 unspecified atom stereocenters. The number of H-pyrrole nitrogens is 1. The molecule has 2 nitrogen and oxygen atoms in total. The van der Waals surface area contributed by atoms with Crippen molar-refractivity contribution < 1.29 is 4.79 Å². The predicted molar refractivity (Wildman–Crippen MR) is 35.4 cm³/mol. The SMILES string of the molecule is CCC(=O)c1cc[nH]c1. The maximum absolute atomic E-state index is 10.9. The molecule has 0 saturated carbocycles. The summed E-state index contributed by atoms with van der Waals surface area (Å²) in [5.41, 5.74) is 0.775. The highest BCUT2D eigenvalue weighted by atomic mass is 16.1. The fourth-order valence-electron chi connectivity index (χ4n) is 0.701. The summed E-state index contributed by atoms with van der Waals surface area (Å²) >= 11 is 0. The summed E-state index contributed by atoms with van der Waals surface area (Å²) in [5, 5.41) is 0. The molecule has 0 spiro atoms. The topological polar surface area (TPSA) is 32.9 Å². The van der Waals surface area contributed by atoms with Crippen molar-refractivity contribution in [1.82, 2.24) is 4.98 Å². The van der Waals surface area contributed by atoms with Crippen LogP contribution >= 0.6 is 0 Å². The van der Waals surface area contributed by atoms with Gasteiger partial charge in [0.05, 0.1) is 0 Å². The maximum Gasteiger partial charge on any atom is 0.164 e. The summed E-state index contributed by atoms with van der Waals surface area (Å²) in [7, 11) is 0. The Labute approximate surface area is 53.9 Å². The first-order chi connectivity index (χ1) is 4.34. The fourth-order valence-corrected chi connectivity index (χ4v) is 0.701. The zero-order valence-corrected chi connectivity index (χ0v) is 5.35. The van der Waals surface area contributed by atoms with Crippen LogP contribution in [0.2, 0.25) is 0 Å². The number of hydrogen-bond acceptors (Lipinski definition) is 1. The van der Waals surface area contributed by atoms with Crippen molar-refractivity contribution in [3.05, 3.63) is 24.0 Å². The summed E-state index contributed by atoms with van der Waals surface area (Å²) in [4.78, 5) is 13.7. The van der Waals surface area contributed by atoms with Gasteiger partial charge in [-0.3, -0.25) is 4.79 Å². The van der Waals surface area contributed by atoms with Gasteiger partial charge in [-0.25, -0.2) is 0 Å². The van der Waals surface area contributed by atoms with Crippen LogP contribution in [-0.4, -0.2) is 10.8 Å². The molecular formula is C7H9NO. The van der Waals surface area contributed by atoms with Gasteiger partial charge in [0.25, 0.3) is 0 Å². The first kappa shape index (κ1) is 6.08. The second kappa shape index (κ2) is 2.49. The predicted octanol–water partition coefficient (Wildman–Crippen LogP) is 1.61. The second-order valence-corrected chi connectivity index (χ2v) is 1.88. The smallest absolute Gasteiger partial charge is 0.164 e. The zero-order valence-electron chi connectivity index (χ0n) is 5.35. The second-order valence-electron chi connectivity index (χ2n) is 1.88. The number of aromatic amines is 1. The third kappa shape index (κ3) is 1.19. The fraction of sp³-hybridized carbons (Fsp3) is 0.286. The van der Waals surface area contributed by atoms with Gasteiger partial charge in [-0.15, -0.1) is 0 Å². The van der Waals surface area contributed by atoms with Crippen molar-refractivity contribution >= 4 is 5.78 Å². The first-order valence-corrected chi connectivity index (χ1v) is 3.00. The Morgan fingerprint density at radius 3 is 3.00 bits per heavy atom. The van der Waals surface area contributed by atoms with Crippen molar-refractivity contribution in [2.45, 2.75) is 13.3 Å². The molecule has 1 heterocycles. The Balaban J connectivity index is 2.77. The van der Waals surface area contributed by atoms with Gasteiger partial charge in [0, 0.05) is 24.4 Å². The minimum Gasteiger partial charge on any atom is -0.367 e. The van der Waals surface area contributed by atoms with Gasteiger partial charge >= 0.3 is 0 Å². The molecule has 0 aromatic carbocycles. The molecule has 0 aliphatic heterocycles. The van der Waals surface area contributed by atoms with Crippen LogP contribution in [0, 0.1) is 0 Å². The van der Waals surface area contributed by atoms with Gasteiger partial charge in [-0.05, 0) is 6.07 Å². The van der Waals surface area contributed by atoms with E-state index < -0.39 is 0 Å². The lowest BCUT2D eigenvalue weighted by molar-refractivity contribution is 0.0988. The number of nitrogens with one attached hydrogen (secondary N) is 1. The standard InChI is InChI=1S/C7H9NO/c1-2-7(9)6-3-4-8-5-6/h3-5,8H,2H2,1H3. The molecule has 1 aromatic heterocycles. The molecule has 0 aliphatic rings. The largest absolute Gasteiger partial charge is 0.367 e. The lowest BCUT2D eigenvalue weighted by Crippen LogP contribution is -1.92. The third-order valence-corrected chi connectivity index (χ3v) is 1.24. The Kier molecular flexibility index (Phi) is 1.68. The average molecular weight is 123 g/mol. The molecule has 0 bridgehead atoms.